The van der Waals surface area contributed by atoms with Gasteiger partial charge in [-0.2, -0.15) is 0 Å². The van der Waals surface area contributed by atoms with E-state index in [9.17, 15) is 8.42 Å². The second-order valence-electron chi connectivity index (χ2n) is 5.82. The highest BCUT2D eigenvalue weighted by molar-refractivity contribution is 7.89. The minimum Gasteiger partial charge on any atom is -0.339 e. The van der Waals surface area contributed by atoms with Gasteiger partial charge in [-0.05, 0) is 55.3 Å². The fraction of sp³-hybridized carbons (Fsp3) is 0.111. The molecule has 3 rings (SSSR count). The lowest BCUT2D eigenvalue weighted by Crippen LogP contribution is -2.13. The number of aromatic nitrogens is 2. The number of hydrogen-bond donors (Lipinski definition) is 2. The van der Waals surface area contributed by atoms with Crippen LogP contribution in [0.25, 0.3) is 11.3 Å². The van der Waals surface area contributed by atoms with Gasteiger partial charge < -0.3 is 5.32 Å². The molecule has 1 aromatic heterocycles. The van der Waals surface area contributed by atoms with Gasteiger partial charge in [-0.15, -0.1) is 10.2 Å². The SMILES string of the molecule is Cc1cccc(Nc2ccc(-c3ccc(C)c(S(N)(=O)=O)c3)nn2)c1. The Balaban J connectivity index is 1.88. The van der Waals surface area contributed by atoms with Gasteiger partial charge in [-0.3, -0.25) is 0 Å². The Labute approximate surface area is 146 Å². The lowest BCUT2D eigenvalue weighted by molar-refractivity contribution is 0.597. The summed E-state index contributed by atoms with van der Waals surface area (Å²) in [6.07, 6.45) is 0. The number of hydrogen-bond acceptors (Lipinski definition) is 5. The highest BCUT2D eigenvalue weighted by Gasteiger charge is 2.13. The van der Waals surface area contributed by atoms with Crippen molar-refractivity contribution in [2.45, 2.75) is 18.7 Å². The van der Waals surface area contributed by atoms with Crippen LogP contribution >= 0.6 is 0 Å². The fourth-order valence-electron chi connectivity index (χ4n) is 2.49. The number of benzene rings is 2. The maximum Gasteiger partial charge on any atom is 0.238 e. The zero-order valence-electron chi connectivity index (χ0n) is 13.9. The van der Waals surface area contributed by atoms with E-state index in [1.165, 1.54) is 6.07 Å². The predicted octanol–water partition coefficient (Wildman–Crippen LogP) is 3.15. The lowest BCUT2D eigenvalue weighted by Gasteiger charge is -2.08. The van der Waals surface area contributed by atoms with E-state index in [2.05, 4.69) is 15.5 Å². The van der Waals surface area contributed by atoms with Gasteiger partial charge in [0, 0.05) is 11.3 Å². The van der Waals surface area contributed by atoms with Gasteiger partial charge in [0.1, 0.15) is 0 Å². The third-order valence-electron chi connectivity index (χ3n) is 3.75. The molecule has 0 aliphatic heterocycles. The minimum absolute atomic E-state index is 0.0914. The predicted molar refractivity (Wildman–Crippen MR) is 98.0 cm³/mol. The van der Waals surface area contributed by atoms with Crippen LogP contribution in [0.4, 0.5) is 11.5 Å². The Morgan fingerprint density at radius 1 is 0.960 bits per heavy atom. The number of primary sulfonamides is 1. The zero-order valence-corrected chi connectivity index (χ0v) is 14.7. The van der Waals surface area contributed by atoms with Crippen LogP contribution in [-0.4, -0.2) is 18.6 Å². The highest BCUT2D eigenvalue weighted by atomic mass is 32.2. The smallest absolute Gasteiger partial charge is 0.238 e. The fourth-order valence-corrected chi connectivity index (χ4v) is 3.30. The molecule has 3 N–H and O–H groups in total. The van der Waals surface area contributed by atoms with Crippen molar-refractivity contribution in [3.8, 4) is 11.3 Å². The molecule has 3 aromatic rings. The van der Waals surface area contributed by atoms with E-state index in [1.54, 1.807) is 31.2 Å². The van der Waals surface area contributed by atoms with Crippen molar-refractivity contribution in [3.05, 3.63) is 65.7 Å². The molecule has 0 spiro atoms. The van der Waals surface area contributed by atoms with Crippen molar-refractivity contribution in [2.75, 3.05) is 5.32 Å². The topological polar surface area (TPSA) is 98.0 Å². The molecule has 0 unspecified atom stereocenters. The first-order valence-electron chi connectivity index (χ1n) is 7.64. The third-order valence-corrected chi connectivity index (χ3v) is 4.80. The molecule has 0 aliphatic rings. The molecule has 6 nitrogen and oxygen atoms in total. The first kappa shape index (κ1) is 17.1. The maximum atomic E-state index is 11.7. The van der Waals surface area contributed by atoms with Gasteiger partial charge >= 0.3 is 0 Å². The maximum absolute atomic E-state index is 11.7. The highest BCUT2D eigenvalue weighted by Crippen LogP contribution is 2.24. The van der Waals surface area contributed by atoms with E-state index in [0.29, 0.717) is 22.6 Å². The second-order valence-corrected chi connectivity index (χ2v) is 7.35. The van der Waals surface area contributed by atoms with Crippen molar-refractivity contribution >= 4 is 21.5 Å². The molecule has 0 radical (unpaired) electrons. The summed E-state index contributed by atoms with van der Waals surface area (Å²) in [5, 5.41) is 16.8. The Morgan fingerprint density at radius 3 is 2.40 bits per heavy atom. The number of sulfonamides is 1. The first-order valence-corrected chi connectivity index (χ1v) is 9.19. The summed E-state index contributed by atoms with van der Waals surface area (Å²) in [6, 6.07) is 16.5. The Kier molecular flexibility index (Phi) is 4.52. The van der Waals surface area contributed by atoms with Crippen LogP contribution in [0.5, 0.6) is 0 Å². The second kappa shape index (κ2) is 6.62. The van der Waals surface area contributed by atoms with Crippen molar-refractivity contribution in [2.24, 2.45) is 5.14 Å². The number of nitrogens with two attached hydrogens (primary N) is 1. The Bertz CT molecular complexity index is 1020. The van der Waals surface area contributed by atoms with Gasteiger partial charge in [0.15, 0.2) is 5.82 Å². The molecule has 128 valence electrons. The minimum atomic E-state index is -3.78. The summed E-state index contributed by atoms with van der Waals surface area (Å²) in [7, 11) is -3.78. The number of rotatable bonds is 4. The van der Waals surface area contributed by atoms with Crippen molar-refractivity contribution in [1.82, 2.24) is 10.2 Å². The molecular formula is C18H18N4O2S. The average Bonchev–Trinajstić information content (AvgIpc) is 2.55. The van der Waals surface area contributed by atoms with Crippen LogP contribution in [0.3, 0.4) is 0 Å². The molecule has 0 fully saturated rings. The summed E-state index contributed by atoms with van der Waals surface area (Å²) in [5.41, 5.74) is 3.87. The van der Waals surface area contributed by atoms with E-state index in [4.69, 9.17) is 5.14 Å². The number of nitrogens with one attached hydrogen (secondary N) is 1. The quantitative estimate of drug-likeness (QED) is 0.750. The van der Waals surface area contributed by atoms with Gasteiger partial charge in [0.05, 0.1) is 10.6 Å². The molecule has 0 amide bonds. The van der Waals surface area contributed by atoms with Gasteiger partial charge in [0.2, 0.25) is 10.0 Å². The molecule has 7 heteroatoms. The van der Waals surface area contributed by atoms with Gasteiger partial charge in [-0.25, -0.2) is 13.6 Å². The van der Waals surface area contributed by atoms with Gasteiger partial charge in [-0.1, -0.05) is 24.3 Å². The van der Waals surface area contributed by atoms with Crippen LogP contribution in [0.1, 0.15) is 11.1 Å². The van der Waals surface area contributed by atoms with E-state index in [-0.39, 0.29) is 4.90 Å². The summed E-state index contributed by atoms with van der Waals surface area (Å²) in [6.45, 7) is 3.71. The first-order chi connectivity index (χ1) is 11.8. The van der Waals surface area contributed by atoms with E-state index >= 15 is 0 Å². The average molecular weight is 354 g/mol. The molecule has 0 saturated carbocycles. The van der Waals surface area contributed by atoms with Crippen LogP contribution in [-0.2, 0) is 10.0 Å². The number of aryl methyl sites for hydroxylation is 2. The molecule has 1 heterocycles. The molecule has 2 aromatic carbocycles. The van der Waals surface area contributed by atoms with Crippen molar-refractivity contribution < 1.29 is 8.42 Å². The normalized spacial score (nSPS) is 11.3. The number of anilines is 2. The summed E-state index contributed by atoms with van der Waals surface area (Å²) < 4.78 is 23.3. The Morgan fingerprint density at radius 2 is 1.76 bits per heavy atom. The monoisotopic (exact) mass is 354 g/mol. The lowest BCUT2D eigenvalue weighted by atomic mass is 10.1. The van der Waals surface area contributed by atoms with Crippen molar-refractivity contribution in [3.63, 3.8) is 0 Å². The van der Waals surface area contributed by atoms with E-state index in [1.807, 2.05) is 31.2 Å². The third kappa shape index (κ3) is 4.01. The van der Waals surface area contributed by atoms with E-state index < -0.39 is 10.0 Å². The summed E-state index contributed by atoms with van der Waals surface area (Å²) >= 11 is 0. The molecule has 0 saturated heterocycles. The van der Waals surface area contributed by atoms with Crippen LogP contribution in [0.2, 0.25) is 0 Å². The molecule has 0 aliphatic carbocycles. The zero-order chi connectivity index (χ0) is 18.0. The Hall–Kier alpha value is -2.77. The summed E-state index contributed by atoms with van der Waals surface area (Å²) in [4.78, 5) is 0.0914. The van der Waals surface area contributed by atoms with Crippen LogP contribution in [0.15, 0.2) is 59.5 Å². The van der Waals surface area contributed by atoms with Crippen LogP contribution < -0.4 is 10.5 Å². The van der Waals surface area contributed by atoms with Gasteiger partial charge in [0.25, 0.3) is 0 Å². The molecule has 25 heavy (non-hydrogen) atoms. The van der Waals surface area contributed by atoms with Crippen molar-refractivity contribution in [1.29, 1.82) is 0 Å². The van der Waals surface area contributed by atoms with E-state index in [0.717, 1.165) is 11.3 Å². The standard InChI is InChI=1S/C18H18N4O2S/c1-12-4-3-5-15(10-12)20-18-9-8-16(21-22-18)14-7-6-13(2)17(11-14)25(19,23)24/h3-11H,1-2H3,(H,20,22)(H2,19,23,24). The molecular weight excluding hydrogens is 336 g/mol. The summed E-state index contributed by atoms with van der Waals surface area (Å²) in [5.74, 6) is 0.605. The van der Waals surface area contributed by atoms with Crippen LogP contribution in [0, 0.1) is 13.8 Å². The molecule has 0 bridgehead atoms. The number of nitrogens with zero attached hydrogens (tertiary/aromatic N) is 2. The molecule has 0 atom stereocenters. The largest absolute Gasteiger partial charge is 0.339 e.